The average molecular weight is 287 g/mol. The van der Waals surface area contributed by atoms with Crippen molar-refractivity contribution in [2.75, 3.05) is 26.2 Å². The van der Waals surface area contributed by atoms with Crippen molar-refractivity contribution in [3.8, 4) is 0 Å². The largest absolute Gasteiger partial charge is 0.342 e. The van der Waals surface area contributed by atoms with Crippen LogP contribution in [0.2, 0.25) is 0 Å². The van der Waals surface area contributed by atoms with Gasteiger partial charge in [0.25, 0.3) is 5.91 Å². The van der Waals surface area contributed by atoms with Crippen LogP contribution in [0.15, 0.2) is 24.3 Å². The quantitative estimate of drug-likeness (QED) is 0.755. The van der Waals surface area contributed by atoms with Gasteiger partial charge in [-0.05, 0) is 11.6 Å². The van der Waals surface area contributed by atoms with Crippen LogP contribution in [0.4, 0.5) is 0 Å². The minimum atomic E-state index is -0.504. The second-order valence-corrected chi connectivity index (χ2v) is 5.35. The number of hydrogen-bond acceptors (Lipinski definition) is 3. The van der Waals surface area contributed by atoms with Crippen molar-refractivity contribution in [3.63, 3.8) is 0 Å². The second kappa shape index (κ2) is 5.55. The van der Waals surface area contributed by atoms with Gasteiger partial charge in [0, 0.05) is 38.2 Å². The van der Waals surface area contributed by atoms with Crippen LogP contribution in [-0.2, 0) is 16.0 Å². The zero-order valence-electron chi connectivity index (χ0n) is 11.6. The van der Waals surface area contributed by atoms with E-state index in [1.54, 1.807) is 15.9 Å². The third-order valence-corrected chi connectivity index (χ3v) is 4.06. The summed E-state index contributed by atoms with van der Waals surface area (Å²) in [5.74, 6) is -0.259. The van der Waals surface area contributed by atoms with Gasteiger partial charge in [-0.25, -0.2) is 0 Å². The van der Waals surface area contributed by atoms with E-state index in [9.17, 15) is 14.4 Å². The number of nitrogens with one attached hydrogen (secondary N) is 1. The summed E-state index contributed by atoms with van der Waals surface area (Å²) >= 11 is 0. The predicted octanol–water partition coefficient (Wildman–Crippen LogP) is -0.358. The number of carbonyl (C=O) groups excluding carboxylic acids is 3. The molecule has 0 spiro atoms. The standard InChI is InChI=1S/C15H17N3O3/c19-10-17-5-7-18(8-6-17)15(21)13-9-11-3-1-2-4-12(11)14(20)16-13/h1-4,10,13H,5-9H2,(H,16,20). The molecule has 1 aromatic carbocycles. The van der Waals surface area contributed by atoms with E-state index in [2.05, 4.69) is 5.32 Å². The Morgan fingerprint density at radius 1 is 1.19 bits per heavy atom. The Balaban J connectivity index is 1.70. The minimum Gasteiger partial charge on any atom is -0.342 e. The van der Waals surface area contributed by atoms with Crippen LogP contribution in [0, 0.1) is 0 Å². The van der Waals surface area contributed by atoms with E-state index in [0.717, 1.165) is 12.0 Å². The smallest absolute Gasteiger partial charge is 0.252 e. The lowest BCUT2D eigenvalue weighted by atomic mass is 9.94. The van der Waals surface area contributed by atoms with Crippen LogP contribution in [0.1, 0.15) is 15.9 Å². The lowest BCUT2D eigenvalue weighted by Crippen LogP contribution is -2.56. The highest BCUT2D eigenvalue weighted by Crippen LogP contribution is 2.18. The van der Waals surface area contributed by atoms with Gasteiger partial charge in [0.1, 0.15) is 6.04 Å². The molecule has 6 nitrogen and oxygen atoms in total. The topological polar surface area (TPSA) is 69.7 Å². The fraction of sp³-hybridized carbons (Fsp3) is 0.400. The van der Waals surface area contributed by atoms with Crippen molar-refractivity contribution in [3.05, 3.63) is 35.4 Å². The SMILES string of the molecule is O=CN1CCN(C(=O)C2Cc3ccccc3C(=O)N2)CC1. The molecule has 1 fully saturated rings. The maximum absolute atomic E-state index is 12.5. The van der Waals surface area contributed by atoms with Crippen LogP contribution in [0.25, 0.3) is 0 Å². The molecule has 6 heteroatoms. The Kier molecular flexibility index (Phi) is 3.60. The maximum atomic E-state index is 12.5. The van der Waals surface area contributed by atoms with Crippen LogP contribution in [0.3, 0.4) is 0 Å². The van der Waals surface area contributed by atoms with Gasteiger partial charge in [-0.1, -0.05) is 18.2 Å². The number of piperazine rings is 1. The molecule has 1 atom stereocenters. The Morgan fingerprint density at radius 3 is 2.62 bits per heavy atom. The number of carbonyl (C=O) groups is 3. The highest BCUT2D eigenvalue weighted by Gasteiger charge is 2.32. The first-order valence-electron chi connectivity index (χ1n) is 7.06. The fourth-order valence-corrected chi connectivity index (χ4v) is 2.84. The number of fused-ring (bicyclic) bond motifs is 1. The van der Waals surface area contributed by atoms with Crippen LogP contribution in [-0.4, -0.2) is 60.2 Å². The van der Waals surface area contributed by atoms with Gasteiger partial charge in [0.15, 0.2) is 0 Å². The molecule has 1 saturated heterocycles. The lowest BCUT2D eigenvalue weighted by molar-refractivity contribution is -0.137. The number of rotatable bonds is 2. The summed E-state index contributed by atoms with van der Waals surface area (Å²) in [6.45, 7) is 2.14. The van der Waals surface area contributed by atoms with E-state index in [1.165, 1.54) is 0 Å². The van der Waals surface area contributed by atoms with Gasteiger partial charge in [-0.3, -0.25) is 14.4 Å². The summed E-state index contributed by atoms with van der Waals surface area (Å²) in [5, 5.41) is 2.78. The van der Waals surface area contributed by atoms with E-state index < -0.39 is 6.04 Å². The summed E-state index contributed by atoms with van der Waals surface area (Å²) < 4.78 is 0. The summed E-state index contributed by atoms with van der Waals surface area (Å²) in [6.07, 6.45) is 1.33. The first kappa shape index (κ1) is 13.6. The molecule has 2 heterocycles. The molecular formula is C15H17N3O3. The van der Waals surface area contributed by atoms with Gasteiger partial charge in [-0.2, -0.15) is 0 Å². The summed E-state index contributed by atoms with van der Waals surface area (Å²) in [5.41, 5.74) is 1.55. The van der Waals surface area contributed by atoms with Crippen LogP contribution in [0.5, 0.6) is 0 Å². The van der Waals surface area contributed by atoms with Gasteiger partial charge in [-0.15, -0.1) is 0 Å². The predicted molar refractivity (Wildman–Crippen MR) is 75.6 cm³/mol. The normalized spacial score (nSPS) is 21.5. The Hall–Kier alpha value is -2.37. The minimum absolute atomic E-state index is 0.0663. The Morgan fingerprint density at radius 2 is 1.90 bits per heavy atom. The van der Waals surface area contributed by atoms with Crippen molar-refractivity contribution in [2.24, 2.45) is 0 Å². The molecular weight excluding hydrogens is 270 g/mol. The highest BCUT2D eigenvalue weighted by atomic mass is 16.2. The molecule has 1 unspecified atom stereocenters. The molecule has 2 aliphatic heterocycles. The fourth-order valence-electron chi connectivity index (χ4n) is 2.84. The number of nitrogens with zero attached hydrogens (tertiary/aromatic N) is 2. The zero-order chi connectivity index (χ0) is 14.8. The molecule has 21 heavy (non-hydrogen) atoms. The van der Waals surface area contributed by atoms with Crippen LogP contribution < -0.4 is 5.32 Å². The maximum Gasteiger partial charge on any atom is 0.252 e. The number of hydrogen-bond donors (Lipinski definition) is 1. The molecule has 0 aliphatic carbocycles. The number of benzene rings is 1. The van der Waals surface area contributed by atoms with Crippen molar-refractivity contribution < 1.29 is 14.4 Å². The molecule has 1 N–H and O–H groups in total. The van der Waals surface area contributed by atoms with Gasteiger partial charge in [0.05, 0.1) is 0 Å². The van der Waals surface area contributed by atoms with E-state index in [1.807, 2.05) is 18.2 Å². The third-order valence-electron chi connectivity index (χ3n) is 4.06. The summed E-state index contributed by atoms with van der Waals surface area (Å²) in [6, 6.07) is 6.85. The van der Waals surface area contributed by atoms with Crippen molar-refractivity contribution >= 4 is 18.2 Å². The third kappa shape index (κ3) is 2.61. The molecule has 3 amide bonds. The molecule has 0 bridgehead atoms. The Bertz CT molecular complexity index is 579. The first-order valence-corrected chi connectivity index (χ1v) is 7.06. The molecule has 3 rings (SSSR count). The van der Waals surface area contributed by atoms with Crippen molar-refractivity contribution in [1.29, 1.82) is 0 Å². The first-order chi connectivity index (χ1) is 10.2. The van der Waals surface area contributed by atoms with E-state index >= 15 is 0 Å². The van der Waals surface area contributed by atoms with Crippen molar-refractivity contribution in [2.45, 2.75) is 12.5 Å². The Labute approximate surface area is 122 Å². The van der Waals surface area contributed by atoms with E-state index in [4.69, 9.17) is 0 Å². The molecule has 1 aromatic rings. The van der Waals surface area contributed by atoms with Crippen molar-refractivity contribution in [1.82, 2.24) is 15.1 Å². The van der Waals surface area contributed by atoms with Gasteiger partial charge < -0.3 is 15.1 Å². The van der Waals surface area contributed by atoms with E-state index in [-0.39, 0.29) is 11.8 Å². The van der Waals surface area contributed by atoms with Gasteiger partial charge in [0.2, 0.25) is 12.3 Å². The van der Waals surface area contributed by atoms with Gasteiger partial charge >= 0.3 is 0 Å². The summed E-state index contributed by atoms with van der Waals surface area (Å²) in [7, 11) is 0. The van der Waals surface area contributed by atoms with Crippen LogP contribution >= 0.6 is 0 Å². The highest BCUT2D eigenvalue weighted by molar-refractivity contribution is 6.00. The average Bonchev–Trinajstić information content (AvgIpc) is 2.54. The number of amides is 3. The second-order valence-electron chi connectivity index (χ2n) is 5.35. The molecule has 0 aromatic heterocycles. The van der Waals surface area contributed by atoms with E-state index in [0.29, 0.717) is 38.2 Å². The molecule has 110 valence electrons. The molecule has 0 radical (unpaired) electrons. The monoisotopic (exact) mass is 287 g/mol. The lowest BCUT2D eigenvalue weighted by Gasteiger charge is -2.36. The summed E-state index contributed by atoms with van der Waals surface area (Å²) in [4.78, 5) is 38.6. The zero-order valence-corrected chi connectivity index (χ0v) is 11.6. The molecule has 2 aliphatic rings. The molecule has 0 saturated carbocycles.